The second-order valence-electron chi connectivity index (χ2n) is 9.07. The first-order valence-electron chi connectivity index (χ1n) is 10.7. The number of alkyl halides is 2. The van der Waals surface area contributed by atoms with Gasteiger partial charge in [-0.05, 0) is 35.4 Å². The molecular weight excluding hydrogens is 502 g/mol. The Morgan fingerprint density at radius 1 is 1.21 bits per heavy atom. The van der Waals surface area contributed by atoms with Gasteiger partial charge in [-0.3, -0.25) is 0 Å². The first kappa shape index (κ1) is 26.6. The standard InChI is InChI=1S/C24H27Cl2FN2O4S/c1-23(2,18-10-16(14-28)22(21(26)11-18)32-9-8-25)17-4-6-20(7-5-17)33-15-24(27)12-19(13-24)29-34(3,30)31/h4-7,10-11,19,29H,8-9,12-13,15H2,1-3H3. The van der Waals surface area contributed by atoms with Crippen LogP contribution in [-0.4, -0.2) is 45.5 Å². The summed E-state index contributed by atoms with van der Waals surface area (Å²) in [6, 6.07) is 12.5. The number of ether oxygens (including phenoxy) is 2. The quantitative estimate of drug-likeness (QED) is 0.440. The monoisotopic (exact) mass is 528 g/mol. The summed E-state index contributed by atoms with van der Waals surface area (Å²) in [6.45, 7) is 4.11. The molecule has 10 heteroatoms. The van der Waals surface area contributed by atoms with Gasteiger partial charge in [0.25, 0.3) is 0 Å². The molecule has 1 aliphatic carbocycles. The normalized spacial score (nSPS) is 20.3. The van der Waals surface area contributed by atoms with Gasteiger partial charge in [-0.1, -0.05) is 37.6 Å². The van der Waals surface area contributed by atoms with Crippen LogP contribution in [0.15, 0.2) is 36.4 Å². The Hall–Kier alpha value is -2.05. The van der Waals surface area contributed by atoms with Crippen LogP contribution in [0.2, 0.25) is 5.02 Å². The van der Waals surface area contributed by atoms with Gasteiger partial charge in [-0.2, -0.15) is 5.26 Å². The molecule has 34 heavy (non-hydrogen) atoms. The zero-order valence-corrected chi connectivity index (χ0v) is 21.5. The number of nitrogens with one attached hydrogen (secondary N) is 1. The highest BCUT2D eigenvalue weighted by Crippen LogP contribution is 2.39. The predicted molar refractivity (Wildman–Crippen MR) is 131 cm³/mol. The van der Waals surface area contributed by atoms with Gasteiger partial charge in [0.2, 0.25) is 10.0 Å². The number of rotatable bonds is 10. The third-order valence-corrected chi connectivity index (χ3v) is 7.08. The topological polar surface area (TPSA) is 88.4 Å². The van der Waals surface area contributed by atoms with E-state index in [0.29, 0.717) is 22.1 Å². The molecule has 0 atom stereocenters. The fourth-order valence-electron chi connectivity index (χ4n) is 4.00. The van der Waals surface area contributed by atoms with E-state index in [9.17, 15) is 18.1 Å². The van der Waals surface area contributed by atoms with Gasteiger partial charge < -0.3 is 9.47 Å². The largest absolute Gasteiger partial charge is 0.490 e. The van der Waals surface area contributed by atoms with E-state index in [4.69, 9.17) is 32.7 Å². The van der Waals surface area contributed by atoms with E-state index in [0.717, 1.165) is 17.4 Å². The molecule has 0 bridgehead atoms. The Kier molecular flexibility index (Phi) is 8.03. The van der Waals surface area contributed by atoms with Crippen LogP contribution in [0.3, 0.4) is 0 Å². The van der Waals surface area contributed by atoms with Crippen LogP contribution in [0.4, 0.5) is 4.39 Å². The molecule has 1 saturated carbocycles. The van der Waals surface area contributed by atoms with Crippen molar-refractivity contribution in [2.75, 3.05) is 25.3 Å². The Labute approximate surface area is 210 Å². The van der Waals surface area contributed by atoms with Crippen LogP contribution in [0, 0.1) is 11.3 Å². The fourth-order valence-corrected chi connectivity index (χ4v) is 5.12. The molecule has 1 aliphatic rings. The number of nitrogens with zero attached hydrogens (tertiary/aromatic N) is 1. The molecule has 0 radical (unpaired) electrons. The van der Waals surface area contributed by atoms with Crippen LogP contribution in [-0.2, 0) is 15.4 Å². The van der Waals surface area contributed by atoms with E-state index < -0.39 is 27.1 Å². The number of nitriles is 1. The third-order valence-electron chi connectivity index (χ3n) is 5.89. The van der Waals surface area contributed by atoms with Crippen molar-refractivity contribution in [3.8, 4) is 17.6 Å². The number of benzene rings is 2. The average molecular weight is 529 g/mol. The molecule has 3 rings (SSSR count). The molecule has 0 unspecified atom stereocenters. The lowest BCUT2D eigenvalue weighted by Crippen LogP contribution is -2.55. The summed E-state index contributed by atoms with van der Waals surface area (Å²) in [5, 5.41) is 9.90. The Morgan fingerprint density at radius 3 is 2.41 bits per heavy atom. The first-order chi connectivity index (χ1) is 15.9. The van der Waals surface area contributed by atoms with Crippen molar-refractivity contribution < 1.29 is 22.3 Å². The van der Waals surface area contributed by atoms with Gasteiger partial charge in [-0.25, -0.2) is 17.5 Å². The van der Waals surface area contributed by atoms with Crippen LogP contribution >= 0.6 is 23.2 Å². The van der Waals surface area contributed by atoms with Crippen molar-refractivity contribution >= 4 is 33.2 Å². The summed E-state index contributed by atoms with van der Waals surface area (Å²) in [7, 11) is -3.35. The summed E-state index contributed by atoms with van der Waals surface area (Å²) in [6.07, 6.45) is 1.22. The van der Waals surface area contributed by atoms with E-state index in [-0.39, 0.29) is 31.9 Å². The maximum absolute atomic E-state index is 14.7. The van der Waals surface area contributed by atoms with Crippen molar-refractivity contribution in [3.05, 3.63) is 58.1 Å². The van der Waals surface area contributed by atoms with Gasteiger partial charge in [0.15, 0.2) is 5.75 Å². The van der Waals surface area contributed by atoms with Crippen LogP contribution in [0.5, 0.6) is 11.5 Å². The van der Waals surface area contributed by atoms with E-state index in [1.165, 1.54) is 0 Å². The molecule has 1 fully saturated rings. The molecule has 184 valence electrons. The molecule has 2 aromatic rings. The lowest BCUT2D eigenvalue weighted by Gasteiger charge is -2.40. The van der Waals surface area contributed by atoms with Crippen molar-refractivity contribution in [3.63, 3.8) is 0 Å². The predicted octanol–water partition coefficient (Wildman–Crippen LogP) is 4.95. The van der Waals surface area contributed by atoms with Crippen molar-refractivity contribution in [1.29, 1.82) is 5.26 Å². The molecule has 0 amide bonds. The zero-order chi connectivity index (χ0) is 25.1. The second kappa shape index (κ2) is 10.3. The SMILES string of the molecule is CC(C)(c1ccc(OCC2(F)CC(NS(C)(=O)=O)C2)cc1)c1cc(Cl)c(OCCCl)c(C#N)c1. The number of halogens is 3. The van der Waals surface area contributed by atoms with Gasteiger partial charge in [0, 0.05) is 24.3 Å². The number of hydrogen-bond acceptors (Lipinski definition) is 5. The Morgan fingerprint density at radius 2 is 1.85 bits per heavy atom. The van der Waals surface area contributed by atoms with E-state index in [2.05, 4.69) is 10.8 Å². The van der Waals surface area contributed by atoms with Crippen molar-refractivity contribution in [1.82, 2.24) is 4.72 Å². The van der Waals surface area contributed by atoms with Crippen LogP contribution in [0.1, 0.15) is 43.4 Å². The number of sulfonamides is 1. The van der Waals surface area contributed by atoms with Gasteiger partial charge in [-0.15, -0.1) is 11.6 Å². The lowest BCUT2D eigenvalue weighted by molar-refractivity contribution is -0.00645. The molecule has 1 N–H and O–H groups in total. The fraction of sp³-hybridized carbons (Fsp3) is 0.458. The molecule has 0 spiro atoms. The highest BCUT2D eigenvalue weighted by Gasteiger charge is 2.46. The average Bonchev–Trinajstić information content (AvgIpc) is 2.74. The molecule has 0 saturated heterocycles. The molecule has 0 aromatic heterocycles. The van der Waals surface area contributed by atoms with Gasteiger partial charge in [0.1, 0.15) is 30.7 Å². The highest BCUT2D eigenvalue weighted by atomic mass is 35.5. The van der Waals surface area contributed by atoms with E-state index >= 15 is 0 Å². The Bertz CT molecular complexity index is 1170. The molecule has 6 nitrogen and oxygen atoms in total. The minimum Gasteiger partial charge on any atom is -0.490 e. The minimum absolute atomic E-state index is 0.0811. The van der Waals surface area contributed by atoms with Crippen molar-refractivity contribution in [2.24, 2.45) is 0 Å². The van der Waals surface area contributed by atoms with Gasteiger partial charge >= 0.3 is 0 Å². The van der Waals surface area contributed by atoms with E-state index in [1.54, 1.807) is 24.3 Å². The lowest BCUT2D eigenvalue weighted by atomic mass is 9.77. The summed E-state index contributed by atoms with van der Waals surface area (Å²) >= 11 is 12.1. The van der Waals surface area contributed by atoms with Gasteiger partial charge in [0.05, 0.1) is 22.7 Å². The summed E-state index contributed by atoms with van der Waals surface area (Å²) in [5.41, 5.74) is 0.0715. The van der Waals surface area contributed by atoms with Crippen molar-refractivity contribution in [2.45, 2.75) is 43.8 Å². The first-order valence-corrected chi connectivity index (χ1v) is 13.5. The Balaban J connectivity index is 1.68. The molecule has 2 aromatic carbocycles. The zero-order valence-electron chi connectivity index (χ0n) is 19.2. The summed E-state index contributed by atoms with van der Waals surface area (Å²) in [5.74, 6) is 1.11. The second-order valence-corrected chi connectivity index (χ2v) is 11.6. The molecule has 0 aliphatic heterocycles. The van der Waals surface area contributed by atoms with Crippen LogP contribution in [0.25, 0.3) is 0 Å². The summed E-state index contributed by atoms with van der Waals surface area (Å²) in [4.78, 5) is 0. The minimum atomic E-state index is -3.35. The third kappa shape index (κ3) is 6.33. The molecule has 0 heterocycles. The maximum atomic E-state index is 14.7. The molecular formula is C24H27Cl2FN2O4S. The van der Waals surface area contributed by atoms with E-state index in [1.807, 2.05) is 26.0 Å². The maximum Gasteiger partial charge on any atom is 0.208 e. The number of hydrogen-bond donors (Lipinski definition) is 1. The summed E-state index contributed by atoms with van der Waals surface area (Å²) < 4.78 is 50.8. The highest BCUT2D eigenvalue weighted by molar-refractivity contribution is 7.88. The smallest absolute Gasteiger partial charge is 0.208 e. The van der Waals surface area contributed by atoms with Crippen LogP contribution < -0.4 is 14.2 Å².